The molecule has 0 fully saturated rings. The summed E-state index contributed by atoms with van der Waals surface area (Å²) >= 11 is 0.946. The van der Waals surface area contributed by atoms with Crippen LogP contribution in [-0.2, 0) is 0 Å². The van der Waals surface area contributed by atoms with E-state index >= 15 is 0 Å². The van der Waals surface area contributed by atoms with Gasteiger partial charge < -0.3 is 10.8 Å². The minimum atomic E-state index is -0.858. The van der Waals surface area contributed by atoms with Crippen molar-refractivity contribution in [2.45, 2.75) is 6.92 Å². The van der Waals surface area contributed by atoms with E-state index in [0.717, 1.165) is 23.5 Å². The standard InChI is InChI=1S/C12H10F2N4O2S/c1-5(17-18-12(15)20)9-10(19)16-11(21-9)7-3-2-6(13)4-8(7)14/h2-4,19H,1H3,(H3,15,18,20)/b17-5+. The number of benzene rings is 1. The minimum absolute atomic E-state index is 0.0543. The van der Waals surface area contributed by atoms with Crippen LogP contribution in [0.2, 0.25) is 0 Å². The summed E-state index contributed by atoms with van der Waals surface area (Å²) in [4.78, 5) is 14.6. The maximum Gasteiger partial charge on any atom is 0.332 e. The molecule has 2 amide bonds. The van der Waals surface area contributed by atoms with E-state index in [1.54, 1.807) is 0 Å². The number of nitrogens with zero attached hydrogens (tertiary/aromatic N) is 2. The van der Waals surface area contributed by atoms with E-state index in [9.17, 15) is 18.7 Å². The Bertz CT molecular complexity index is 730. The van der Waals surface area contributed by atoms with Crippen LogP contribution in [0.1, 0.15) is 11.8 Å². The Balaban J connectivity index is 2.39. The minimum Gasteiger partial charge on any atom is -0.492 e. The van der Waals surface area contributed by atoms with Crippen molar-refractivity contribution < 1.29 is 18.7 Å². The van der Waals surface area contributed by atoms with E-state index < -0.39 is 17.7 Å². The number of carbonyl (C=O) groups is 1. The quantitative estimate of drug-likeness (QED) is 0.598. The highest BCUT2D eigenvalue weighted by Crippen LogP contribution is 2.33. The fourth-order valence-corrected chi connectivity index (χ4v) is 2.45. The summed E-state index contributed by atoms with van der Waals surface area (Å²) in [6.45, 7) is 1.51. The third-order valence-electron chi connectivity index (χ3n) is 2.43. The zero-order chi connectivity index (χ0) is 15.6. The molecule has 110 valence electrons. The number of aromatic hydroxyl groups is 1. The van der Waals surface area contributed by atoms with E-state index in [4.69, 9.17) is 5.73 Å². The fourth-order valence-electron chi connectivity index (χ4n) is 1.52. The molecule has 1 heterocycles. The second kappa shape index (κ2) is 5.83. The van der Waals surface area contributed by atoms with Crippen LogP contribution in [0.15, 0.2) is 23.3 Å². The molecule has 0 aliphatic carbocycles. The summed E-state index contributed by atoms with van der Waals surface area (Å²) in [7, 11) is 0. The van der Waals surface area contributed by atoms with Crippen molar-refractivity contribution in [1.82, 2.24) is 10.4 Å². The molecular formula is C12H10F2N4O2S. The van der Waals surface area contributed by atoms with Crippen LogP contribution in [0.25, 0.3) is 10.6 Å². The Morgan fingerprint density at radius 3 is 2.81 bits per heavy atom. The van der Waals surface area contributed by atoms with E-state index in [-0.39, 0.29) is 27.0 Å². The summed E-state index contributed by atoms with van der Waals surface area (Å²) in [5.41, 5.74) is 7.18. The maximum atomic E-state index is 13.7. The monoisotopic (exact) mass is 312 g/mol. The van der Waals surface area contributed by atoms with Crippen molar-refractivity contribution in [3.63, 3.8) is 0 Å². The third kappa shape index (κ3) is 3.31. The lowest BCUT2D eigenvalue weighted by molar-refractivity contribution is 0.249. The summed E-state index contributed by atoms with van der Waals surface area (Å²) < 4.78 is 26.5. The number of rotatable bonds is 3. The molecule has 0 radical (unpaired) electrons. The number of nitrogens with one attached hydrogen (secondary N) is 1. The maximum absolute atomic E-state index is 13.7. The van der Waals surface area contributed by atoms with E-state index in [2.05, 4.69) is 10.1 Å². The van der Waals surface area contributed by atoms with Gasteiger partial charge in [-0.05, 0) is 19.1 Å². The van der Waals surface area contributed by atoms with Gasteiger partial charge in [-0.1, -0.05) is 0 Å². The summed E-state index contributed by atoms with van der Waals surface area (Å²) in [5.74, 6) is -1.87. The van der Waals surface area contributed by atoms with Gasteiger partial charge in [0.15, 0.2) is 0 Å². The van der Waals surface area contributed by atoms with Crippen LogP contribution >= 0.6 is 11.3 Å². The van der Waals surface area contributed by atoms with Gasteiger partial charge in [-0.3, -0.25) is 0 Å². The zero-order valence-electron chi connectivity index (χ0n) is 10.7. The highest BCUT2D eigenvalue weighted by atomic mass is 32.1. The van der Waals surface area contributed by atoms with Gasteiger partial charge in [-0.2, -0.15) is 5.10 Å². The molecule has 0 atom stereocenters. The molecule has 0 bridgehead atoms. The largest absolute Gasteiger partial charge is 0.492 e. The SMILES string of the molecule is C/C(=N\NC(N)=O)c1sc(-c2ccc(F)cc2F)nc1O. The van der Waals surface area contributed by atoms with Crippen molar-refractivity contribution in [2.24, 2.45) is 10.8 Å². The van der Waals surface area contributed by atoms with Crippen LogP contribution in [-0.4, -0.2) is 21.8 Å². The Kier molecular flexibility index (Phi) is 4.13. The average molecular weight is 312 g/mol. The van der Waals surface area contributed by atoms with Gasteiger partial charge in [0, 0.05) is 11.6 Å². The number of urea groups is 1. The normalized spacial score (nSPS) is 11.5. The number of aromatic nitrogens is 1. The van der Waals surface area contributed by atoms with Crippen LogP contribution in [0.3, 0.4) is 0 Å². The molecule has 0 spiro atoms. The van der Waals surface area contributed by atoms with Crippen molar-refractivity contribution >= 4 is 23.1 Å². The molecular weight excluding hydrogens is 302 g/mol. The zero-order valence-corrected chi connectivity index (χ0v) is 11.5. The summed E-state index contributed by atoms with van der Waals surface area (Å²) in [5, 5.41) is 13.6. The van der Waals surface area contributed by atoms with Crippen molar-refractivity contribution in [3.05, 3.63) is 34.7 Å². The second-order valence-electron chi connectivity index (χ2n) is 3.97. The fraction of sp³-hybridized carbons (Fsp3) is 0.0833. The highest BCUT2D eigenvalue weighted by molar-refractivity contribution is 7.17. The topological polar surface area (TPSA) is 101 Å². The first kappa shape index (κ1) is 14.9. The molecule has 0 saturated carbocycles. The molecule has 0 saturated heterocycles. The highest BCUT2D eigenvalue weighted by Gasteiger charge is 2.17. The third-order valence-corrected chi connectivity index (χ3v) is 3.62. The first-order chi connectivity index (χ1) is 9.88. The number of nitrogens with two attached hydrogens (primary N) is 1. The molecule has 9 heteroatoms. The molecule has 0 aliphatic heterocycles. The number of amides is 2. The summed E-state index contributed by atoms with van der Waals surface area (Å²) in [6, 6.07) is 2.18. The van der Waals surface area contributed by atoms with Crippen LogP contribution < -0.4 is 11.2 Å². The van der Waals surface area contributed by atoms with Gasteiger partial charge in [-0.25, -0.2) is 24.0 Å². The van der Waals surface area contributed by atoms with Gasteiger partial charge in [0.1, 0.15) is 21.5 Å². The van der Waals surface area contributed by atoms with Gasteiger partial charge in [0.25, 0.3) is 0 Å². The Morgan fingerprint density at radius 2 is 2.19 bits per heavy atom. The first-order valence-electron chi connectivity index (χ1n) is 5.64. The Labute approximate surface area is 121 Å². The molecule has 1 aromatic carbocycles. The van der Waals surface area contributed by atoms with Crippen molar-refractivity contribution in [3.8, 4) is 16.5 Å². The number of hydrogen-bond donors (Lipinski definition) is 3. The van der Waals surface area contributed by atoms with Gasteiger partial charge in [0.05, 0.1) is 5.71 Å². The average Bonchev–Trinajstić information content (AvgIpc) is 2.77. The number of hydrazone groups is 1. The summed E-state index contributed by atoms with van der Waals surface area (Å²) in [6.07, 6.45) is 0. The smallest absolute Gasteiger partial charge is 0.332 e. The first-order valence-corrected chi connectivity index (χ1v) is 6.45. The molecule has 0 unspecified atom stereocenters. The number of hydrogen-bond acceptors (Lipinski definition) is 5. The predicted molar refractivity (Wildman–Crippen MR) is 74.1 cm³/mol. The van der Waals surface area contributed by atoms with E-state index in [0.29, 0.717) is 0 Å². The van der Waals surface area contributed by atoms with Gasteiger partial charge in [-0.15, -0.1) is 11.3 Å². The lowest BCUT2D eigenvalue weighted by Crippen LogP contribution is -2.25. The number of halogens is 2. The van der Waals surface area contributed by atoms with Crippen LogP contribution in [0.4, 0.5) is 13.6 Å². The Morgan fingerprint density at radius 1 is 1.48 bits per heavy atom. The molecule has 0 aliphatic rings. The molecule has 4 N–H and O–H groups in total. The lowest BCUT2D eigenvalue weighted by Gasteiger charge is -1.98. The predicted octanol–water partition coefficient (Wildman–Crippen LogP) is 2.19. The molecule has 21 heavy (non-hydrogen) atoms. The van der Waals surface area contributed by atoms with Gasteiger partial charge in [0.2, 0.25) is 5.88 Å². The van der Waals surface area contributed by atoms with Crippen LogP contribution in [0.5, 0.6) is 5.88 Å². The Hall–Kier alpha value is -2.55. The van der Waals surface area contributed by atoms with Crippen molar-refractivity contribution in [2.75, 3.05) is 0 Å². The van der Waals surface area contributed by atoms with E-state index in [1.165, 1.54) is 13.0 Å². The number of primary amides is 1. The van der Waals surface area contributed by atoms with Gasteiger partial charge >= 0.3 is 6.03 Å². The van der Waals surface area contributed by atoms with E-state index in [1.807, 2.05) is 5.43 Å². The molecule has 1 aromatic heterocycles. The van der Waals surface area contributed by atoms with Crippen LogP contribution in [0, 0.1) is 11.6 Å². The number of carbonyl (C=O) groups excluding carboxylic acids is 1. The lowest BCUT2D eigenvalue weighted by atomic mass is 10.2. The van der Waals surface area contributed by atoms with Crippen molar-refractivity contribution in [1.29, 1.82) is 0 Å². The molecule has 2 aromatic rings. The second-order valence-corrected chi connectivity index (χ2v) is 4.97. The molecule has 2 rings (SSSR count). The number of thiazole rings is 1. The molecule has 6 nitrogen and oxygen atoms in total.